The molecule has 3 aromatic heterocycles. The van der Waals surface area contributed by atoms with Crippen LogP contribution in [0.1, 0.15) is 42.0 Å². The third-order valence-electron chi connectivity index (χ3n) is 4.19. The molecule has 0 aliphatic heterocycles. The third kappa shape index (κ3) is 3.14. The first kappa shape index (κ1) is 15.7. The summed E-state index contributed by atoms with van der Waals surface area (Å²) in [6.45, 7) is 5.99. The normalized spacial score (nSPS) is 12.7. The average Bonchev–Trinajstić information content (AvgIpc) is 3.13. The Morgan fingerprint density at radius 1 is 1.43 bits per heavy atom. The van der Waals surface area contributed by atoms with Gasteiger partial charge < -0.3 is 5.32 Å². The zero-order valence-corrected chi connectivity index (χ0v) is 14.6. The zero-order valence-electron chi connectivity index (χ0n) is 13.8. The molecule has 6 nitrogen and oxygen atoms in total. The summed E-state index contributed by atoms with van der Waals surface area (Å²) >= 11 is 1.59. The van der Waals surface area contributed by atoms with E-state index in [0.717, 1.165) is 27.6 Å². The fourth-order valence-corrected chi connectivity index (χ4v) is 3.47. The van der Waals surface area contributed by atoms with Crippen LogP contribution in [0.15, 0.2) is 17.8 Å². The summed E-state index contributed by atoms with van der Waals surface area (Å²) in [5, 5.41) is 9.41. The Labute approximate surface area is 139 Å². The number of thiazole rings is 1. The third-order valence-corrected chi connectivity index (χ3v) is 4.96. The van der Waals surface area contributed by atoms with Crippen LogP contribution in [0, 0.1) is 13.8 Å². The molecule has 0 spiro atoms. The molecule has 0 fully saturated rings. The van der Waals surface area contributed by atoms with E-state index in [1.165, 1.54) is 0 Å². The largest absolute Gasteiger partial charge is 0.348 e. The van der Waals surface area contributed by atoms with Gasteiger partial charge in [0, 0.05) is 36.9 Å². The topological polar surface area (TPSA) is 64.2 Å². The predicted octanol–water partition coefficient (Wildman–Crippen LogP) is 2.56. The first-order chi connectivity index (χ1) is 11.0. The molecule has 3 heterocycles. The van der Waals surface area contributed by atoms with Crippen molar-refractivity contribution in [1.82, 2.24) is 24.5 Å². The van der Waals surface area contributed by atoms with Gasteiger partial charge in [0.25, 0.3) is 0 Å². The van der Waals surface area contributed by atoms with Gasteiger partial charge in [0.15, 0.2) is 4.96 Å². The maximum atomic E-state index is 12.2. The molecule has 0 saturated heterocycles. The number of rotatable bonds is 5. The maximum absolute atomic E-state index is 12.2. The molecule has 1 unspecified atom stereocenters. The van der Waals surface area contributed by atoms with Gasteiger partial charge in [-0.3, -0.25) is 13.9 Å². The number of aryl methyl sites for hydroxylation is 2. The number of nitrogens with one attached hydrogen (secondary N) is 1. The van der Waals surface area contributed by atoms with Crippen molar-refractivity contribution in [3.63, 3.8) is 0 Å². The SMILES string of the molecule is Cc1nn(C)c(C)c1CCC(=O)NC(C)c1cn2ccsc2n1. The van der Waals surface area contributed by atoms with Crippen LogP contribution in [0.4, 0.5) is 0 Å². The van der Waals surface area contributed by atoms with Crippen LogP contribution in [-0.4, -0.2) is 25.1 Å². The summed E-state index contributed by atoms with van der Waals surface area (Å²) in [6, 6.07) is -0.0920. The molecule has 1 atom stereocenters. The Morgan fingerprint density at radius 2 is 2.22 bits per heavy atom. The maximum Gasteiger partial charge on any atom is 0.220 e. The molecule has 23 heavy (non-hydrogen) atoms. The number of carbonyl (C=O) groups is 1. The molecule has 0 saturated carbocycles. The van der Waals surface area contributed by atoms with Crippen LogP contribution in [0.3, 0.4) is 0 Å². The van der Waals surface area contributed by atoms with Crippen molar-refractivity contribution in [3.8, 4) is 0 Å². The first-order valence-corrected chi connectivity index (χ1v) is 8.54. The van der Waals surface area contributed by atoms with E-state index in [9.17, 15) is 4.79 Å². The molecule has 1 N–H and O–H groups in total. The van der Waals surface area contributed by atoms with Crippen LogP contribution in [0.25, 0.3) is 4.96 Å². The number of amides is 1. The van der Waals surface area contributed by atoms with E-state index in [1.807, 2.05) is 54.7 Å². The van der Waals surface area contributed by atoms with Gasteiger partial charge in [-0.25, -0.2) is 4.98 Å². The lowest BCUT2D eigenvalue weighted by molar-refractivity contribution is -0.121. The zero-order chi connectivity index (χ0) is 16.6. The van der Waals surface area contributed by atoms with E-state index in [0.29, 0.717) is 12.8 Å². The average molecular weight is 331 g/mol. The molecule has 122 valence electrons. The molecule has 1 amide bonds. The minimum atomic E-state index is -0.0920. The van der Waals surface area contributed by atoms with Gasteiger partial charge >= 0.3 is 0 Å². The predicted molar refractivity (Wildman–Crippen MR) is 90.6 cm³/mol. The highest BCUT2D eigenvalue weighted by molar-refractivity contribution is 7.15. The van der Waals surface area contributed by atoms with Crippen LogP contribution in [-0.2, 0) is 18.3 Å². The molecule has 7 heteroatoms. The Bertz CT molecular complexity index is 816. The van der Waals surface area contributed by atoms with E-state index < -0.39 is 0 Å². The highest BCUT2D eigenvalue weighted by atomic mass is 32.1. The van der Waals surface area contributed by atoms with Crippen LogP contribution < -0.4 is 5.32 Å². The summed E-state index contributed by atoms with van der Waals surface area (Å²) in [5.41, 5.74) is 4.18. The Hall–Kier alpha value is -2.15. The molecule has 0 radical (unpaired) electrons. The molecular weight excluding hydrogens is 310 g/mol. The van der Waals surface area contributed by atoms with Crippen molar-refractivity contribution >= 4 is 22.2 Å². The van der Waals surface area contributed by atoms with Gasteiger partial charge in [0.2, 0.25) is 5.91 Å². The summed E-state index contributed by atoms with van der Waals surface area (Å²) < 4.78 is 3.84. The van der Waals surface area contributed by atoms with Crippen molar-refractivity contribution in [2.24, 2.45) is 7.05 Å². The van der Waals surface area contributed by atoms with Gasteiger partial charge in [-0.15, -0.1) is 11.3 Å². The Morgan fingerprint density at radius 3 is 2.87 bits per heavy atom. The molecular formula is C16H21N5OS. The van der Waals surface area contributed by atoms with Crippen LogP contribution >= 0.6 is 11.3 Å². The second-order valence-corrected chi connectivity index (χ2v) is 6.69. The summed E-state index contributed by atoms with van der Waals surface area (Å²) in [7, 11) is 1.93. The highest BCUT2D eigenvalue weighted by Gasteiger charge is 2.15. The molecule has 0 aromatic carbocycles. The van der Waals surface area contributed by atoms with E-state index in [2.05, 4.69) is 15.4 Å². The minimum absolute atomic E-state index is 0.0384. The first-order valence-electron chi connectivity index (χ1n) is 7.66. The summed E-state index contributed by atoms with van der Waals surface area (Å²) in [6.07, 6.45) is 5.10. The number of nitrogens with zero attached hydrogens (tertiary/aromatic N) is 4. The number of imidazole rings is 1. The number of aromatic nitrogens is 4. The number of fused-ring (bicyclic) bond motifs is 1. The van der Waals surface area contributed by atoms with Gasteiger partial charge in [-0.05, 0) is 32.8 Å². The number of hydrogen-bond acceptors (Lipinski definition) is 4. The van der Waals surface area contributed by atoms with Crippen molar-refractivity contribution in [3.05, 3.63) is 40.4 Å². The van der Waals surface area contributed by atoms with Crippen molar-refractivity contribution in [1.29, 1.82) is 0 Å². The van der Waals surface area contributed by atoms with Crippen LogP contribution in [0.2, 0.25) is 0 Å². The lowest BCUT2D eigenvalue weighted by Gasteiger charge is -2.11. The highest BCUT2D eigenvalue weighted by Crippen LogP contribution is 2.17. The number of hydrogen-bond donors (Lipinski definition) is 1. The molecule has 0 aliphatic rings. The second-order valence-electron chi connectivity index (χ2n) is 5.82. The summed E-state index contributed by atoms with van der Waals surface area (Å²) in [4.78, 5) is 17.7. The van der Waals surface area contributed by atoms with E-state index in [-0.39, 0.29) is 11.9 Å². The van der Waals surface area contributed by atoms with Crippen molar-refractivity contribution in [2.75, 3.05) is 0 Å². The fourth-order valence-electron chi connectivity index (χ4n) is 2.76. The molecule has 3 rings (SSSR count). The van der Waals surface area contributed by atoms with Crippen molar-refractivity contribution < 1.29 is 4.79 Å². The van der Waals surface area contributed by atoms with Gasteiger partial charge in [-0.2, -0.15) is 5.10 Å². The minimum Gasteiger partial charge on any atom is -0.348 e. The smallest absolute Gasteiger partial charge is 0.220 e. The fraction of sp³-hybridized carbons (Fsp3) is 0.438. The van der Waals surface area contributed by atoms with Gasteiger partial charge in [0.05, 0.1) is 17.4 Å². The van der Waals surface area contributed by atoms with E-state index in [1.54, 1.807) is 11.3 Å². The van der Waals surface area contributed by atoms with Gasteiger partial charge in [-0.1, -0.05) is 0 Å². The van der Waals surface area contributed by atoms with E-state index >= 15 is 0 Å². The quantitative estimate of drug-likeness (QED) is 0.781. The van der Waals surface area contributed by atoms with E-state index in [4.69, 9.17) is 0 Å². The Kier molecular flexibility index (Phi) is 4.21. The monoisotopic (exact) mass is 331 g/mol. The molecule has 0 bridgehead atoms. The lowest BCUT2D eigenvalue weighted by atomic mass is 10.1. The standard InChI is InChI=1S/C16H21N5OS/c1-10-13(12(3)20(4)19-10)5-6-15(22)17-11(2)14-9-21-7-8-23-16(21)18-14/h7-9,11H,5-6H2,1-4H3,(H,17,22). The van der Waals surface area contributed by atoms with Crippen molar-refractivity contribution in [2.45, 2.75) is 39.7 Å². The lowest BCUT2D eigenvalue weighted by Crippen LogP contribution is -2.27. The van der Waals surface area contributed by atoms with Gasteiger partial charge in [0.1, 0.15) is 0 Å². The summed E-state index contributed by atoms with van der Waals surface area (Å²) in [5.74, 6) is 0.0384. The second kappa shape index (κ2) is 6.16. The molecule has 0 aliphatic carbocycles. The Balaban J connectivity index is 1.59. The molecule has 3 aromatic rings. The number of carbonyl (C=O) groups excluding carboxylic acids is 1. The van der Waals surface area contributed by atoms with Crippen LogP contribution in [0.5, 0.6) is 0 Å².